The predicted octanol–water partition coefficient (Wildman–Crippen LogP) is 4.77. The molecule has 0 aliphatic carbocycles. The van der Waals surface area contributed by atoms with Gasteiger partial charge in [-0.05, 0) is 32.4 Å². The number of thiophene rings is 1. The lowest BCUT2D eigenvalue weighted by molar-refractivity contribution is 0.0476. The Balaban J connectivity index is 2.32. The molecule has 5 atom stereocenters. The van der Waals surface area contributed by atoms with E-state index in [1.54, 1.807) is 0 Å². The molecule has 2 rings (SSSR count). The molecule has 2 nitrogen and oxygen atoms in total. The molecule has 0 amide bonds. The van der Waals surface area contributed by atoms with E-state index >= 15 is 0 Å². The van der Waals surface area contributed by atoms with Gasteiger partial charge in [-0.3, -0.25) is 0 Å². The van der Waals surface area contributed by atoms with E-state index in [9.17, 15) is 0 Å². The van der Waals surface area contributed by atoms with Crippen LogP contribution in [0.15, 0.2) is 6.07 Å². The van der Waals surface area contributed by atoms with Crippen LogP contribution in [0.5, 0.6) is 0 Å². The molecule has 0 spiro atoms. The van der Waals surface area contributed by atoms with Crippen LogP contribution in [-0.4, -0.2) is 18.8 Å². The zero-order valence-electron chi connectivity index (χ0n) is 11.7. The fourth-order valence-electron chi connectivity index (χ4n) is 3.11. The molecule has 1 aliphatic heterocycles. The number of nitrogens with one attached hydrogen (secondary N) is 1. The summed E-state index contributed by atoms with van der Waals surface area (Å²) in [7, 11) is 0. The molecule has 0 aromatic carbocycles. The summed E-state index contributed by atoms with van der Waals surface area (Å²) >= 11 is 13.9. The maximum Gasteiger partial charge on any atom is 0.0992 e. The first kappa shape index (κ1) is 15.6. The summed E-state index contributed by atoms with van der Waals surface area (Å²) < 4.78 is 7.50. The summed E-state index contributed by atoms with van der Waals surface area (Å²) in [5.74, 6) is 0.909. The van der Waals surface area contributed by atoms with Crippen LogP contribution in [0.3, 0.4) is 0 Å². The summed E-state index contributed by atoms with van der Waals surface area (Å²) in [6.45, 7) is 9.57. The van der Waals surface area contributed by atoms with E-state index in [2.05, 4.69) is 33.0 Å². The molecule has 1 N–H and O–H groups in total. The Hall–Kier alpha value is 0.200. The number of hydrogen-bond donors (Lipinski definition) is 1. The summed E-state index contributed by atoms with van der Waals surface area (Å²) in [6, 6.07) is 2.20. The fraction of sp³-hybridized carbons (Fsp3) is 0.714. The molecule has 2 heterocycles. The van der Waals surface area contributed by atoms with Crippen molar-refractivity contribution in [2.45, 2.75) is 45.9 Å². The van der Waals surface area contributed by atoms with Gasteiger partial charge in [-0.25, -0.2) is 0 Å². The van der Waals surface area contributed by atoms with Crippen LogP contribution in [-0.2, 0) is 4.74 Å². The van der Waals surface area contributed by atoms with Crippen molar-refractivity contribution < 1.29 is 4.74 Å². The lowest BCUT2D eigenvalue weighted by atomic mass is 9.81. The quantitative estimate of drug-likeness (QED) is 0.862. The van der Waals surface area contributed by atoms with Crippen LogP contribution in [0.4, 0.5) is 0 Å². The van der Waals surface area contributed by atoms with Gasteiger partial charge in [0.1, 0.15) is 0 Å². The molecule has 108 valence electrons. The Morgan fingerprint density at radius 3 is 2.42 bits per heavy atom. The first-order chi connectivity index (χ1) is 8.95. The van der Waals surface area contributed by atoms with E-state index in [0.29, 0.717) is 11.8 Å². The third-order valence-corrected chi connectivity index (χ3v) is 5.66. The molecule has 5 heteroatoms. The van der Waals surface area contributed by atoms with Crippen molar-refractivity contribution in [1.82, 2.24) is 5.32 Å². The lowest BCUT2D eigenvalue weighted by Crippen LogP contribution is -2.34. The minimum absolute atomic E-state index is 0.205. The van der Waals surface area contributed by atoms with Crippen molar-refractivity contribution in [3.05, 3.63) is 20.3 Å². The van der Waals surface area contributed by atoms with Crippen LogP contribution in [0.2, 0.25) is 8.67 Å². The highest BCUT2D eigenvalue weighted by Gasteiger charge is 2.42. The highest BCUT2D eigenvalue weighted by Crippen LogP contribution is 2.44. The summed E-state index contributed by atoms with van der Waals surface area (Å²) in [6.07, 6.45) is 0.512. The van der Waals surface area contributed by atoms with Gasteiger partial charge in [0.25, 0.3) is 0 Å². The summed E-state index contributed by atoms with van der Waals surface area (Å²) in [5.41, 5.74) is 1.11. The van der Waals surface area contributed by atoms with Crippen molar-refractivity contribution in [2.75, 3.05) is 6.54 Å². The van der Waals surface area contributed by atoms with Gasteiger partial charge in [-0.2, -0.15) is 0 Å². The molecule has 1 aliphatic rings. The van der Waals surface area contributed by atoms with Crippen LogP contribution in [0.1, 0.15) is 39.3 Å². The number of ether oxygens (including phenoxy) is 1. The average Bonchev–Trinajstić information content (AvgIpc) is 2.78. The molecule has 1 saturated heterocycles. The van der Waals surface area contributed by atoms with Crippen LogP contribution < -0.4 is 5.32 Å². The normalized spacial score (nSPS) is 32.7. The SMILES string of the molecule is CCNC(c1cc(Cl)sc1Cl)C1C(C)OC(C)C1C. The van der Waals surface area contributed by atoms with E-state index in [4.69, 9.17) is 27.9 Å². The predicted molar refractivity (Wildman–Crippen MR) is 83.4 cm³/mol. The molecule has 5 unspecified atom stereocenters. The zero-order chi connectivity index (χ0) is 14.2. The van der Waals surface area contributed by atoms with E-state index in [1.165, 1.54) is 11.3 Å². The highest BCUT2D eigenvalue weighted by molar-refractivity contribution is 7.20. The van der Waals surface area contributed by atoms with Crippen molar-refractivity contribution in [1.29, 1.82) is 0 Å². The van der Waals surface area contributed by atoms with E-state index in [-0.39, 0.29) is 18.2 Å². The smallest absolute Gasteiger partial charge is 0.0992 e. The van der Waals surface area contributed by atoms with E-state index < -0.39 is 0 Å². The van der Waals surface area contributed by atoms with Crippen molar-refractivity contribution in [3.63, 3.8) is 0 Å². The molecular formula is C14H21Cl2NOS. The standard InChI is InChI=1S/C14H21Cl2NOS/c1-5-17-13(10-6-11(15)19-14(10)16)12-7(2)8(3)18-9(12)4/h6-9,12-13,17H,5H2,1-4H3. The van der Waals surface area contributed by atoms with Gasteiger partial charge in [-0.1, -0.05) is 37.0 Å². The number of halogens is 2. The monoisotopic (exact) mass is 321 g/mol. The second kappa shape index (κ2) is 6.31. The van der Waals surface area contributed by atoms with E-state index in [0.717, 1.165) is 20.8 Å². The molecule has 0 radical (unpaired) electrons. The Bertz CT molecular complexity index is 437. The minimum atomic E-state index is 0.205. The number of hydrogen-bond acceptors (Lipinski definition) is 3. The second-order valence-corrected chi connectivity index (χ2v) is 7.58. The van der Waals surface area contributed by atoms with Crippen LogP contribution in [0, 0.1) is 11.8 Å². The topological polar surface area (TPSA) is 21.3 Å². The van der Waals surface area contributed by atoms with Crippen molar-refractivity contribution >= 4 is 34.5 Å². The Morgan fingerprint density at radius 2 is 2.00 bits per heavy atom. The van der Waals surface area contributed by atoms with Crippen molar-refractivity contribution in [3.8, 4) is 0 Å². The largest absolute Gasteiger partial charge is 0.375 e. The Morgan fingerprint density at radius 1 is 1.32 bits per heavy atom. The van der Waals surface area contributed by atoms with Gasteiger partial charge in [0.2, 0.25) is 0 Å². The first-order valence-electron chi connectivity index (χ1n) is 6.79. The van der Waals surface area contributed by atoms with Gasteiger partial charge < -0.3 is 10.1 Å². The Kier molecular flexibility index (Phi) is 5.18. The molecular weight excluding hydrogens is 301 g/mol. The molecule has 0 bridgehead atoms. The van der Waals surface area contributed by atoms with Gasteiger partial charge in [0, 0.05) is 17.5 Å². The summed E-state index contributed by atoms with van der Waals surface area (Å²) in [4.78, 5) is 0. The fourth-order valence-corrected chi connectivity index (χ4v) is 4.66. The van der Waals surface area contributed by atoms with Crippen molar-refractivity contribution in [2.24, 2.45) is 11.8 Å². The van der Waals surface area contributed by atoms with Gasteiger partial charge in [-0.15, -0.1) is 11.3 Å². The van der Waals surface area contributed by atoms with E-state index in [1.807, 2.05) is 6.07 Å². The molecule has 1 aromatic heterocycles. The molecule has 1 fully saturated rings. The maximum atomic E-state index is 6.34. The van der Waals surface area contributed by atoms with Gasteiger partial charge in [0.05, 0.1) is 20.9 Å². The third kappa shape index (κ3) is 3.11. The molecule has 0 saturated carbocycles. The third-order valence-electron chi connectivity index (χ3n) is 4.15. The van der Waals surface area contributed by atoms with Crippen LogP contribution >= 0.6 is 34.5 Å². The van der Waals surface area contributed by atoms with Gasteiger partial charge in [0.15, 0.2) is 0 Å². The zero-order valence-corrected chi connectivity index (χ0v) is 14.1. The highest BCUT2D eigenvalue weighted by atomic mass is 35.5. The second-order valence-electron chi connectivity index (χ2n) is 5.30. The number of rotatable bonds is 4. The summed E-state index contributed by atoms with van der Waals surface area (Å²) in [5, 5.41) is 3.56. The molecule has 19 heavy (non-hydrogen) atoms. The van der Waals surface area contributed by atoms with Crippen LogP contribution in [0.25, 0.3) is 0 Å². The average molecular weight is 322 g/mol. The first-order valence-corrected chi connectivity index (χ1v) is 8.36. The molecule has 1 aromatic rings. The Labute approximate surface area is 129 Å². The maximum absolute atomic E-state index is 6.34. The lowest BCUT2D eigenvalue weighted by Gasteiger charge is -2.29. The van der Waals surface area contributed by atoms with Gasteiger partial charge >= 0.3 is 0 Å². The minimum Gasteiger partial charge on any atom is -0.375 e.